The number of hydrogen-bond acceptors (Lipinski definition) is 4. The predicted molar refractivity (Wildman–Crippen MR) is 73.7 cm³/mol. The second kappa shape index (κ2) is 7.95. The average Bonchev–Trinajstić information content (AvgIpc) is 2.37. The van der Waals surface area contributed by atoms with Crippen molar-refractivity contribution < 1.29 is 4.79 Å². The van der Waals surface area contributed by atoms with Gasteiger partial charge in [0.1, 0.15) is 0 Å². The summed E-state index contributed by atoms with van der Waals surface area (Å²) in [6.45, 7) is 3.63. The highest BCUT2D eigenvalue weighted by molar-refractivity contribution is 7.98. The summed E-state index contributed by atoms with van der Waals surface area (Å²) in [4.78, 5) is 15.9. The number of carbonyl (C=O) groups excluding carboxylic acids is 1. The van der Waals surface area contributed by atoms with Crippen LogP contribution in [0.1, 0.15) is 23.7 Å². The molecule has 17 heavy (non-hydrogen) atoms. The lowest BCUT2D eigenvalue weighted by Gasteiger charge is -2.10. The second-order valence-electron chi connectivity index (χ2n) is 3.60. The van der Waals surface area contributed by atoms with E-state index in [2.05, 4.69) is 22.5 Å². The van der Waals surface area contributed by atoms with Crippen LogP contribution in [0.2, 0.25) is 0 Å². The standard InChI is InChI=1S/C12H19N3OS/c1-3-5-14-11-4-6-13-9-10(11)12(16)15-7-8-17-2/h4,6,9H,3,5,7-8H2,1-2H3,(H,13,14)(H,15,16). The van der Waals surface area contributed by atoms with E-state index in [0.29, 0.717) is 12.1 Å². The van der Waals surface area contributed by atoms with Crippen molar-refractivity contribution >= 4 is 23.4 Å². The van der Waals surface area contributed by atoms with Crippen molar-refractivity contribution in [1.82, 2.24) is 10.3 Å². The molecule has 5 heteroatoms. The molecule has 0 saturated heterocycles. The maximum absolute atomic E-state index is 11.9. The molecule has 2 N–H and O–H groups in total. The van der Waals surface area contributed by atoms with Crippen LogP contribution in [0.15, 0.2) is 18.5 Å². The maximum Gasteiger partial charge on any atom is 0.254 e. The highest BCUT2D eigenvalue weighted by Crippen LogP contribution is 2.13. The number of carbonyl (C=O) groups is 1. The number of rotatable bonds is 7. The van der Waals surface area contributed by atoms with Gasteiger partial charge in [0.15, 0.2) is 0 Å². The first-order valence-corrected chi connectivity index (χ1v) is 7.14. The third-order valence-electron chi connectivity index (χ3n) is 2.22. The Labute approximate surface area is 107 Å². The van der Waals surface area contributed by atoms with E-state index in [1.807, 2.05) is 12.3 Å². The van der Waals surface area contributed by atoms with Gasteiger partial charge in [-0.1, -0.05) is 6.92 Å². The highest BCUT2D eigenvalue weighted by atomic mass is 32.2. The Hall–Kier alpha value is -1.23. The highest BCUT2D eigenvalue weighted by Gasteiger charge is 2.10. The van der Waals surface area contributed by atoms with Crippen LogP contribution in [-0.4, -0.2) is 36.0 Å². The Morgan fingerprint density at radius 2 is 2.29 bits per heavy atom. The van der Waals surface area contributed by atoms with E-state index < -0.39 is 0 Å². The van der Waals surface area contributed by atoms with E-state index in [4.69, 9.17) is 0 Å². The quantitative estimate of drug-likeness (QED) is 0.730. The van der Waals surface area contributed by atoms with Gasteiger partial charge < -0.3 is 10.6 Å². The summed E-state index contributed by atoms with van der Waals surface area (Å²) >= 11 is 1.71. The first-order valence-electron chi connectivity index (χ1n) is 5.74. The molecular formula is C12H19N3OS. The summed E-state index contributed by atoms with van der Waals surface area (Å²) in [5, 5.41) is 6.11. The molecule has 0 fully saturated rings. The number of hydrogen-bond donors (Lipinski definition) is 2. The number of pyridine rings is 1. The molecule has 1 amide bonds. The minimum absolute atomic E-state index is 0.0641. The molecule has 1 aromatic heterocycles. The van der Waals surface area contributed by atoms with E-state index in [0.717, 1.165) is 24.4 Å². The van der Waals surface area contributed by atoms with Gasteiger partial charge in [0, 0.05) is 31.2 Å². The molecule has 0 atom stereocenters. The van der Waals surface area contributed by atoms with E-state index in [9.17, 15) is 4.79 Å². The topological polar surface area (TPSA) is 54.0 Å². The lowest BCUT2D eigenvalue weighted by molar-refractivity contribution is 0.0956. The van der Waals surface area contributed by atoms with Gasteiger partial charge in [-0.3, -0.25) is 9.78 Å². The van der Waals surface area contributed by atoms with Crippen LogP contribution in [0.4, 0.5) is 5.69 Å². The zero-order valence-corrected chi connectivity index (χ0v) is 11.1. The summed E-state index contributed by atoms with van der Waals surface area (Å²) in [5.74, 6) is 0.856. The Morgan fingerprint density at radius 3 is 3.00 bits per heavy atom. The van der Waals surface area contributed by atoms with Crippen LogP contribution < -0.4 is 10.6 Å². The number of nitrogens with one attached hydrogen (secondary N) is 2. The molecule has 1 rings (SSSR count). The molecule has 0 bridgehead atoms. The third-order valence-corrected chi connectivity index (χ3v) is 2.84. The molecule has 0 aliphatic carbocycles. The number of nitrogens with zero attached hydrogens (tertiary/aromatic N) is 1. The van der Waals surface area contributed by atoms with Gasteiger partial charge >= 0.3 is 0 Å². The van der Waals surface area contributed by atoms with E-state index in [-0.39, 0.29) is 5.91 Å². The second-order valence-corrected chi connectivity index (χ2v) is 4.58. The molecule has 0 radical (unpaired) electrons. The molecule has 0 aliphatic rings. The van der Waals surface area contributed by atoms with Crippen molar-refractivity contribution in [2.45, 2.75) is 13.3 Å². The third kappa shape index (κ3) is 4.65. The van der Waals surface area contributed by atoms with Crippen molar-refractivity contribution in [2.24, 2.45) is 0 Å². The Kier molecular flexibility index (Phi) is 6.47. The molecule has 94 valence electrons. The summed E-state index contributed by atoms with van der Waals surface area (Å²) in [7, 11) is 0. The zero-order valence-electron chi connectivity index (χ0n) is 10.3. The molecular weight excluding hydrogens is 234 g/mol. The number of anilines is 1. The fraction of sp³-hybridized carbons (Fsp3) is 0.500. The van der Waals surface area contributed by atoms with Crippen LogP contribution in [-0.2, 0) is 0 Å². The monoisotopic (exact) mass is 253 g/mol. The van der Waals surface area contributed by atoms with Crippen LogP contribution >= 0.6 is 11.8 Å². The SMILES string of the molecule is CCCNc1ccncc1C(=O)NCCSC. The zero-order chi connectivity index (χ0) is 12.5. The Morgan fingerprint density at radius 1 is 1.47 bits per heavy atom. The summed E-state index contributed by atoms with van der Waals surface area (Å²) in [5.41, 5.74) is 1.46. The minimum atomic E-state index is -0.0641. The van der Waals surface area contributed by atoms with Crippen molar-refractivity contribution in [2.75, 3.05) is 30.4 Å². The van der Waals surface area contributed by atoms with Gasteiger partial charge in [0.2, 0.25) is 0 Å². The number of aromatic nitrogens is 1. The first-order chi connectivity index (χ1) is 8.29. The van der Waals surface area contributed by atoms with E-state index in [1.165, 1.54) is 0 Å². The number of thioether (sulfide) groups is 1. The fourth-order valence-electron chi connectivity index (χ4n) is 1.35. The maximum atomic E-state index is 11.9. The van der Waals surface area contributed by atoms with Crippen molar-refractivity contribution in [3.05, 3.63) is 24.0 Å². The molecule has 1 heterocycles. The molecule has 0 unspecified atom stereocenters. The molecule has 0 aromatic carbocycles. The molecule has 4 nitrogen and oxygen atoms in total. The van der Waals surface area contributed by atoms with Crippen molar-refractivity contribution in [3.63, 3.8) is 0 Å². The Balaban J connectivity index is 2.64. The number of amides is 1. The van der Waals surface area contributed by atoms with Gasteiger partial charge in [-0.2, -0.15) is 11.8 Å². The van der Waals surface area contributed by atoms with Gasteiger partial charge in [-0.25, -0.2) is 0 Å². The van der Waals surface area contributed by atoms with Crippen LogP contribution in [0.5, 0.6) is 0 Å². The van der Waals surface area contributed by atoms with Gasteiger partial charge in [0.05, 0.1) is 11.3 Å². The molecule has 0 aliphatic heterocycles. The van der Waals surface area contributed by atoms with E-state index >= 15 is 0 Å². The summed E-state index contributed by atoms with van der Waals surface area (Å²) in [6.07, 6.45) is 6.34. The summed E-state index contributed by atoms with van der Waals surface area (Å²) < 4.78 is 0. The van der Waals surface area contributed by atoms with Gasteiger partial charge in [0.25, 0.3) is 5.91 Å². The minimum Gasteiger partial charge on any atom is -0.384 e. The average molecular weight is 253 g/mol. The largest absolute Gasteiger partial charge is 0.384 e. The first kappa shape index (κ1) is 13.8. The van der Waals surface area contributed by atoms with Gasteiger partial charge in [-0.05, 0) is 18.7 Å². The van der Waals surface area contributed by atoms with Crippen LogP contribution in [0.3, 0.4) is 0 Å². The molecule has 0 spiro atoms. The lowest BCUT2D eigenvalue weighted by Crippen LogP contribution is -2.26. The van der Waals surface area contributed by atoms with Gasteiger partial charge in [-0.15, -0.1) is 0 Å². The predicted octanol–water partition coefficient (Wildman–Crippen LogP) is 2.00. The van der Waals surface area contributed by atoms with Crippen LogP contribution in [0.25, 0.3) is 0 Å². The molecule has 1 aromatic rings. The van der Waals surface area contributed by atoms with E-state index in [1.54, 1.807) is 24.2 Å². The normalized spacial score (nSPS) is 10.0. The Bertz CT molecular complexity index is 357. The van der Waals surface area contributed by atoms with Crippen LogP contribution in [0, 0.1) is 0 Å². The van der Waals surface area contributed by atoms with Crippen molar-refractivity contribution in [3.8, 4) is 0 Å². The van der Waals surface area contributed by atoms with Crippen molar-refractivity contribution in [1.29, 1.82) is 0 Å². The lowest BCUT2D eigenvalue weighted by atomic mass is 10.2. The fourth-order valence-corrected chi connectivity index (χ4v) is 1.66. The smallest absolute Gasteiger partial charge is 0.254 e. The summed E-state index contributed by atoms with van der Waals surface area (Å²) in [6, 6.07) is 1.83. The molecule has 0 saturated carbocycles.